The number of nitrogens with zero attached hydrogens (tertiary/aromatic N) is 1. The lowest BCUT2D eigenvalue weighted by molar-refractivity contribution is -0.136. The molecule has 0 aliphatic carbocycles. The van der Waals surface area contributed by atoms with E-state index in [9.17, 15) is 9.59 Å². The summed E-state index contributed by atoms with van der Waals surface area (Å²) in [5.74, 6) is -0.896. The monoisotopic (exact) mass is 377 g/mol. The average molecular weight is 378 g/mol. The molecule has 1 N–H and O–H groups in total. The third-order valence-electron chi connectivity index (χ3n) is 3.81. The van der Waals surface area contributed by atoms with Crippen molar-refractivity contribution in [2.24, 2.45) is 0 Å². The highest BCUT2D eigenvalue weighted by Crippen LogP contribution is 2.33. The lowest BCUT2D eigenvalue weighted by Crippen LogP contribution is -2.10. The Labute approximate surface area is 153 Å². The van der Waals surface area contributed by atoms with E-state index >= 15 is 0 Å². The molecule has 5 nitrogen and oxygen atoms in total. The van der Waals surface area contributed by atoms with Crippen molar-refractivity contribution in [1.29, 1.82) is 0 Å². The van der Waals surface area contributed by atoms with Crippen LogP contribution in [0.5, 0.6) is 5.75 Å². The van der Waals surface area contributed by atoms with Crippen LogP contribution in [-0.2, 0) is 11.2 Å². The van der Waals surface area contributed by atoms with Gasteiger partial charge in [-0.3, -0.25) is 14.2 Å². The van der Waals surface area contributed by atoms with Crippen molar-refractivity contribution in [3.05, 3.63) is 63.8 Å². The van der Waals surface area contributed by atoms with E-state index in [2.05, 4.69) is 0 Å². The quantitative estimate of drug-likeness (QED) is 0.736. The third kappa shape index (κ3) is 3.34. The smallest absolute Gasteiger partial charge is 0.307 e. The van der Waals surface area contributed by atoms with E-state index in [0.29, 0.717) is 37.8 Å². The minimum Gasteiger partial charge on any atom is -0.495 e. The van der Waals surface area contributed by atoms with Crippen molar-refractivity contribution < 1.29 is 19.4 Å². The van der Waals surface area contributed by atoms with Crippen molar-refractivity contribution in [2.45, 2.75) is 6.42 Å². The van der Waals surface area contributed by atoms with Crippen molar-refractivity contribution >= 4 is 46.0 Å². The highest BCUT2D eigenvalue weighted by atomic mass is 35.5. The highest BCUT2D eigenvalue weighted by Gasteiger charge is 2.19. The van der Waals surface area contributed by atoms with Crippen LogP contribution in [-0.4, -0.2) is 28.7 Å². The molecule has 0 bridgehead atoms. The second-order valence-corrected chi connectivity index (χ2v) is 6.25. The summed E-state index contributed by atoms with van der Waals surface area (Å²) in [5.41, 5.74) is 1.45. The van der Waals surface area contributed by atoms with Gasteiger partial charge >= 0.3 is 5.97 Å². The van der Waals surface area contributed by atoms with E-state index in [0.717, 1.165) is 0 Å². The molecule has 1 aromatic heterocycles. The SMILES string of the molecule is COc1cc2c(cc1Cl)c(CC(=O)O)cn2C(=O)c1ccc(Cl)cc1. The van der Waals surface area contributed by atoms with Gasteiger partial charge in [-0.15, -0.1) is 0 Å². The number of rotatable bonds is 4. The van der Waals surface area contributed by atoms with Crippen molar-refractivity contribution in [3.8, 4) is 5.75 Å². The summed E-state index contributed by atoms with van der Waals surface area (Å²) in [7, 11) is 1.47. The molecule has 0 aliphatic heterocycles. The third-order valence-corrected chi connectivity index (χ3v) is 4.36. The Bertz CT molecular complexity index is 977. The van der Waals surface area contributed by atoms with Gasteiger partial charge in [0.25, 0.3) is 5.91 Å². The zero-order chi connectivity index (χ0) is 18.1. The molecule has 0 spiro atoms. The number of fused-ring (bicyclic) bond motifs is 1. The van der Waals surface area contributed by atoms with Crippen LogP contribution in [0.1, 0.15) is 15.9 Å². The van der Waals surface area contributed by atoms with Crippen LogP contribution in [0.3, 0.4) is 0 Å². The van der Waals surface area contributed by atoms with Crippen molar-refractivity contribution in [2.75, 3.05) is 7.11 Å². The molecule has 0 unspecified atom stereocenters. The number of carbonyl (C=O) groups excluding carboxylic acids is 1. The predicted molar refractivity (Wildman–Crippen MR) is 96.0 cm³/mol. The highest BCUT2D eigenvalue weighted by molar-refractivity contribution is 6.33. The molecular weight excluding hydrogens is 365 g/mol. The number of halogens is 2. The number of hydrogen-bond donors (Lipinski definition) is 1. The lowest BCUT2D eigenvalue weighted by Gasteiger charge is -2.07. The number of hydrogen-bond acceptors (Lipinski definition) is 3. The van der Waals surface area contributed by atoms with Gasteiger partial charge in [0, 0.05) is 28.2 Å². The number of carbonyl (C=O) groups is 2. The molecule has 7 heteroatoms. The van der Waals surface area contributed by atoms with E-state index in [-0.39, 0.29) is 12.3 Å². The fraction of sp³-hybridized carbons (Fsp3) is 0.111. The van der Waals surface area contributed by atoms with Gasteiger partial charge in [0.05, 0.1) is 24.1 Å². The minimum atomic E-state index is -0.995. The molecule has 128 valence electrons. The van der Waals surface area contributed by atoms with Gasteiger partial charge in [0.2, 0.25) is 0 Å². The van der Waals surface area contributed by atoms with Gasteiger partial charge < -0.3 is 9.84 Å². The minimum absolute atomic E-state index is 0.222. The Kier molecular flexibility index (Phi) is 4.70. The van der Waals surface area contributed by atoms with Crippen LogP contribution in [0.15, 0.2) is 42.6 Å². The van der Waals surface area contributed by atoms with Gasteiger partial charge in [0.1, 0.15) is 5.75 Å². The summed E-state index contributed by atoms with van der Waals surface area (Å²) in [5, 5.41) is 10.6. The van der Waals surface area contributed by atoms with Crippen LogP contribution in [0, 0.1) is 0 Å². The normalized spacial score (nSPS) is 10.8. The molecule has 0 radical (unpaired) electrons. The van der Waals surface area contributed by atoms with E-state index < -0.39 is 5.97 Å². The average Bonchev–Trinajstić information content (AvgIpc) is 2.91. The maximum atomic E-state index is 12.9. The van der Waals surface area contributed by atoms with Gasteiger partial charge in [0.15, 0.2) is 0 Å². The van der Waals surface area contributed by atoms with E-state index in [1.54, 1.807) is 36.4 Å². The molecular formula is C18H13Cl2NO4. The predicted octanol–water partition coefficient (Wildman–Crippen LogP) is 4.27. The first-order chi connectivity index (χ1) is 11.9. The summed E-state index contributed by atoms with van der Waals surface area (Å²) in [6.07, 6.45) is 1.30. The number of carboxylic acid groups (broad SMARTS) is 1. The lowest BCUT2D eigenvalue weighted by atomic mass is 10.1. The maximum absolute atomic E-state index is 12.9. The fourth-order valence-corrected chi connectivity index (χ4v) is 3.02. The summed E-state index contributed by atoms with van der Waals surface area (Å²) in [4.78, 5) is 24.0. The van der Waals surface area contributed by atoms with Gasteiger partial charge in [-0.1, -0.05) is 23.2 Å². The van der Waals surface area contributed by atoms with Crippen molar-refractivity contribution in [3.63, 3.8) is 0 Å². The van der Waals surface area contributed by atoms with Gasteiger partial charge in [-0.2, -0.15) is 0 Å². The summed E-state index contributed by atoms with van der Waals surface area (Å²) < 4.78 is 6.61. The first-order valence-corrected chi connectivity index (χ1v) is 8.06. The molecule has 0 saturated heterocycles. The van der Waals surface area contributed by atoms with Gasteiger partial charge in [-0.25, -0.2) is 0 Å². The topological polar surface area (TPSA) is 68.5 Å². The van der Waals surface area contributed by atoms with Crippen LogP contribution in [0.2, 0.25) is 10.0 Å². The van der Waals surface area contributed by atoms with Crippen LogP contribution in [0.4, 0.5) is 0 Å². The molecule has 0 fully saturated rings. The summed E-state index contributed by atoms with van der Waals surface area (Å²) in [6.45, 7) is 0. The Morgan fingerprint density at radius 3 is 2.44 bits per heavy atom. The zero-order valence-corrected chi connectivity index (χ0v) is 14.6. The van der Waals surface area contributed by atoms with E-state index in [1.807, 2.05) is 0 Å². The van der Waals surface area contributed by atoms with Gasteiger partial charge in [-0.05, 0) is 35.9 Å². The second-order valence-electron chi connectivity index (χ2n) is 5.41. The molecule has 3 rings (SSSR count). The zero-order valence-electron chi connectivity index (χ0n) is 13.1. The number of aliphatic carboxylic acids is 1. The Balaban J connectivity index is 2.20. The largest absolute Gasteiger partial charge is 0.495 e. The molecule has 0 saturated carbocycles. The Hall–Kier alpha value is -2.50. The standard InChI is InChI=1S/C18H13Cl2NO4/c1-25-16-8-15-13(7-14(16)20)11(6-17(22)23)9-21(15)18(24)10-2-4-12(19)5-3-10/h2-5,7-9H,6H2,1H3,(H,22,23). The second kappa shape index (κ2) is 6.78. The molecule has 3 aromatic rings. The molecule has 0 atom stereocenters. The molecule has 0 amide bonds. The maximum Gasteiger partial charge on any atom is 0.307 e. The number of benzene rings is 2. The number of aromatic nitrogens is 1. The fourth-order valence-electron chi connectivity index (χ4n) is 2.65. The van der Waals surface area contributed by atoms with Crippen molar-refractivity contribution in [1.82, 2.24) is 4.57 Å². The summed E-state index contributed by atoms with van der Waals surface area (Å²) >= 11 is 12.0. The van der Waals surface area contributed by atoms with E-state index in [1.165, 1.54) is 17.9 Å². The molecule has 25 heavy (non-hydrogen) atoms. The number of methoxy groups -OCH3 is 1. The van der Waals surface area contributed by atoms with Crippen LogP contribution in [0.25, 0.3) is 10.9 Å². The number of ether oxygens (including phenoxy) is 1. The van der Waals surface area contributed by atoms with Crippen LogP contribution >= 0.6 is 23.2 Å². The first-order valence-electron chi connectivity index (χ1n) is 7.30. The Morgan fingerprint density at radius 1 is 1.16 bits per heavy atom. The van der Waals surface area contributed by atoms with Crippen LogP contribution < -0.4 is 4.74 Å². The molecule has 1 heterocycles. The first kappa shape index (κ1) is 17.3. The molecule has 0 aliphatic rings. The number of carboxylic acids is 1. The van der Waals surface area contributed by atoms with E-state index in [4.69, 9.17) is 33.0 Å². The molecule has 2 aromatic carbocycles. The Morgan fingerprint density at radius 2 is 1.84 bits per heavy atom. The summed E-state index contributed by atoms with van der Waals surface area (Å²) in [6, 6.07) is 9.70.